The summed E-state index contributed by atoms with van der Waals surface area (Å²) >= 11 is 0. The second-order valence-electron chi connectivity index (χ2n) is 5.99. The van der Waals surface area contributed by atoms with Crippen LogP contribution in [-0.2, 0) is 9.59 Å². The van der Waals surface area contributed by atoms with Gasteiger partial charge in [0.25, 0.3) is 0 Å². The topological polar surface area (TPSA) is 52.7 Å². The van der Waals surface area contributed by atoms with Crippen molar-refractivity contribution in [2.75, 3.05) is 27.2 Å². The van der Waals surface area contributed by atoms with Gasteiger partial charge >= 0.3 is 0 Å². The van der Waals surface area contributed by atoms with Crippen molar-refractivity contribution in [1.82, 2.24) is 15.1 Å². The Balaban J connectivity index is 2.51. The van der Waals surface area contributed by atoms with Gasteiger partial charge in [0.1, 0.15) is 0 Å². The molecule has 0 unspecified atom stereocenters. The molecule has 0 saturated carbocycles. The van der Waals surface area contributed by atoms with Crippen LogP contribution < -0.4 is 5.32 Å². The first-order chi connectivity index (χ1) is 10.3. The normalized spacial score (nSPS) is 12.3. The Morgan fingerprint density at radius 3 is 2.18 bits per heavy atom. The van der Waals surface area contributed by atoms with Crippen molar-refractivity contribution in [2.24, 2.45) is 0 Å². The summed E-state index contributed by atoms with van der Waals surface area (Å²) in [7, 11) is 3.57. The van der Waals surface area contributed by atoms with Gasteiger partial charge in [0.2, 0.25) is 11.8 Å². The van der Waals surface area contributed by atoms with E-state index in [0.29, 0.717) is 0 Å². The van der Waals surface area contributed by atoms with Crippen molar-refractivity contribution in [3.05, 3.63) is 35.9 Å². The predicted molar refractivity (Wildman–Crippen MR) is 88.4 cm³/mol. The van der Waals surface area contributed by atoms with Crippen LogP contribution in [0.4, 0.5) is 0 Å². The molecule has 0 aliphatic heterocycles. The van der Waals surface area contributed by atoms with Gasteiger partial charge in [0.15, 0.2) is 0 Å². The molecular weight excluding hydrogens is 278 g/mol. The molecule has 0 heterocycles. The maximum Gasteiger partial charge on any atom is 0.236 e. The summed E-state index contributed by atoms with van der Waals surface area (Å²) in [5.41, 5.74) is 1.10. The highest BCUT2D eigenvalue weighted by atomic mass is 16.2. The minimum Gasteiger partial charge on any atom is -0.353 e. The zero-order valence-corrected chi connectivity index (χ0v) is 14.2. The van der Waals surface area contributed by atoms with E-state index in [4.69, 9.17) is 0 Å². The van der Waals surface area contributed by atoms with Crippen molar-refractivity contribution < 1.29 is 9.59 Å². The van der Waals surface area contributed by atoms with Crippen LogP contribution in [0.15, 0.2) is 30.3 Å². The Morgan fingerprint density at radius 1 is 1.05 bits per heavy atom. The van der Waals surface area contributed by atoms with E-state index in [1.165, 1.54) is 0 Å². The predicted octanol–water partition coefficient (Wildman–Crippen LogP) is 1.66. The van der Waals surface area contributed by atoms with Gasteiger partial charge in [-0.25, -0.2) is 0 Å². The fraction of sp³-hybridized carbons (Fsp3) is 0.529. The molecule has 0 aliphatic carbocycles. The van der Waals surface area contributed by atoms with Crippen molar-refractivity contribution in [3.8, 4) is 0 Å². The molecule has 5 heteroatoms. The van der Waals surface area contributed by atoms with Crippen LogP contribution in [0.3, 0.4) is 0 Å². The van der Waals surface area contributed by atoms with Crippen molar-refractivity contribution in [1.29, 1.82) is 0 Å². The molecule has 5 nitrogen and oxygen atoms in total. The number of hydrogen-bond acceptors (Lipinski definition) is 3. The number of rotatable bonds is 7. The lowest BCUT2D eigenvalue weighted by Crippen LogP contribution is -2.43. The molecule has 1 rings (SSSR count). The van der Waals surface area contributed by atoms with Crippen LogP contribution in [0, 0.1) is 0 Å². The molecule has 1 aromatic carbocycles. The number of amides is 2. The lowest BCUT2D eigenvalue weighted by Gasteiger charge is -2.27. The third-order valence-corrected chi connectivity index (χ3v) is 3.52. The molecule has 0 aliphatic rings. The summed E-state index contributed by atoms with van der Waals surface area (Å²) in [5.74, 6) is -0.0692. The Labute approximate surface area is 133 Å². The van der Waals surface area contributed by atoms with Crippen LogP contribution >= 0.6 is 0 Å². The molecule has 22 heavy (non-hydrogen) atoms. The standard InChI is InChI=1S/C17H27N3O2/c1-13(2)18-16(21)11-19(4)12-17(22)20(5)14(3)15-9-7-6-8-10-15/h6-10,13-14H,11-12H2,1-5H3,(H,18,21)/t14-/m0/s1. The van der Waals surface area contributed by atoms with Gasteiger partial charge in [-0.05, 0) is 33.4 Å². The average molecular weight is 305 g/mol. The van der Waals surface area contributed by atoms with E-state index in [1.54, 1.807) is 23.9 Å². The van der Waals surface area contributed by atoms with E-state index in [-0.39, 0.29) is 37.0 Å². The number of carbonyl (C=O) groups is 2. The first-order valence-electron chi connectivity index (χ1n) is 7.59. The van der Waals surface area contributed by atoms with E-state index in [1.807, 2.05) is 51.1 Å². The van der Waals surface area contributed by atoms with Crippen LogP contribution in [0.5, 0.6) is 0 Å². The second-order valence-corrected chi connectivity index (χ2v) is 5.99. The van der Waals surface area contributed by atoms with Gasteiger partial charge in [-0.3, -0.25) is 14.5 Å². The summed E-state index contributed by atoms with van der Waals surface area (Å²) in [4.78, 5) is 27.5. The van der Waals surface area contributed by atoms with Gasteiger partial charge in [0.05, 0.1) is 19.1 Å². The molecule has 122 valence electrons. The molecule has 0 spiro atoms. The maximum atomic E-state index is 12.3. The Hall–Kier alpha value is -1.88. The van der Waals surface area contributed by atoms with Gasteiger partial charge in [0, 0.05) is 13.1 Å². The Morgan fingerprint density at radius 2 is 1.64 bits per heavy atom. The van der Waals surface area contributed by atoms with Crippen LogP contribution in [0.25, 0.3) is 0 Å². The highest BCUT2D eigenvalue weighted by Crippen LogP contribution is 2.18. The van der Waals surface area contributed by atoms with Gasteiger partial charge in [-0.15, -0.1) is 0 Å². The minimum absolute atomic E-state index is 0.00352. The van der Waals surface area contributed by atoms with E-state index >= 15 is 0 Å². The smallest absolute Gasteiger partial charge is 0.236 e. The molecule has 1 N–H and O–H groups in total. The van der Waals surface area contributed by atoms with Crippen molar-refractivity contribution >= 4 is 11.8 Å². The first-order valence-corrected chi connectivity index (χ1v) is 7.59. The summed E-state index contributed by atoms with van der Waals surface area (Å²) in [6.45, 7) is 6.27. The van der Waals surface area contributed by atoms with E-state index < -0.39 is 0 Å². The Kier molecular flexibility index (Phi) is 7.05. The fourth-order valence-electron chi connectivity index (χ4n) is 2.18. The number of nitrogens with zero attached hydrogens (tertiary/aromatic N) is 2. The largest absolute Gasteiger partial charge is 0.353 e. The summed E-state index contributed by atoms with van der Waals surface area (Å²) in [5, 5.41) is 2.82. The number of benzene rings is 1. The third-order valence-electron chi connectivity index (χ3n) is 3.52. The van der Waals surface area contributed by atoms with E-state index in [2.05, 4.69) is 5.32 Å². The van der Waals surface area contributed by atoms with Crippen molar-refractivity contribution in [2.45, 2.75) is 32.9 Å². The quantitative estimate of drug-likeness (QED) is 0.833. The molecule has 0 saturated heterocycles. The lowest BCUT2D eigenvalue weighted by molar-refractivity contribution is -0.133. The van der Waals surface area contributed by atoms with E-state index in [0.717, 1.165) is 5.56 Å². The SMILES string of the molecule is CC(C)NC(=O)CN(C)CC(=O)N(C)[C@@H](C)c1ccccc1. The van der Waals surface area contributed by atoms with Gasteiger partial charge < -0.3 is 10.2 Å². The summed E-state index contributed by atoms with van der Waals surface area (Å²) < 4.78 is 0. The lowest BCUT2D eigenvalue weighted by atomic mass is 10.1. The van der Waals surface area contributed by atoms with Crippen molar-refractivity contribution in [3.63, 3.8) is 0 Å². The summed E-state index contributed by atoms with van der Waals surface area (Å²) in [6, 6.07) is 10.0. The average Bonchev–Trinajstić information content (AvgIpc) is 2.45. The molecule has 0 radical (unpaired) electrons. The Bertz CT molecular complexity index is 488. The highest BCUT2D eigenvalue weighted by Gasteiger charge is 2.19. The molecule has 1 atom stereocenters. The molecule has 2 amide bonds. The maximum absolute atomic E-state index is 12.3. The molecule has 0 bridgehead atoms. The van der Waals surface area contributed by atoms with Crippen LogP contribution in [-0.4, -0.2) is 54.8 Å². The molecular formula is C17H27N3O2. The summed E-state index contributed by atoms with van der Waals surface area (Å²) in [6.07, 6.45) is 0. The number of carbonyl (C=O) groups excluding carboxylic acids is 2. The second kappa shape index (κ2) is 8.54. The minimum atomic E-state index is -0.0657. The number of nitrogens with one attached hydrogen (secondary N) is 1. The number of likely N-dealkylation sites (N-methyl/N-ethyl adjacent to an activating group) is 2. The molecule has 0 aromatic heterocycles. The van der Waals surface area contributed by atoms with Crippen LogP contribution in [0.2, 0.25) is 0 Å². The van der Waals surface area contributed by atoms with Gasteiger partial charge in [-0.1, -0.05) is 30.3 Å². The zero-order chi connectivity index (χ0) is 16.7. The molecule has 0 fully saturated rings. The first kappa shape index (κ1) is 18.2. The highest BCUT2D eigenvalue weighted by molar-refractivity contribution is 5.81. The van der Waals surface area contributed by atoms with Gasteiger partial charge in [-0.2, -0.15) is 0 Å². The van der Waals surface area contributed by atoms with E-state index in [9.17, 15) is 9.59 Å². The monoisotopic (exact) mass is 305 g/mol. The number of hydrogen-bond donors (Lipinski definition) is 1. The molecule has 1 aromatic rings. The fourth-order valence-corrected chi connectivity index (χ4v) is 2.18. The third kappa shape index (κ3) is 5.85. The zero-order valence-electron chi connectivity index (χ0n) is 14.2. The van der Waals surface area contributed by atoms with Crippen LogP contribution in [0.1, 0.15) is 32.4 Å².